The maximum atomic E-state index is 12.7. The van der Waals surface area contributed by atoms with Crippen molar-refractivity contribution in [2.75, 3.05) is 11.3 Å². The van der Waals surface area contributed by atoms with Crippen LogP contribution in [0.3, 0.4) is 0 Å². The average Bonchev–Trinajstić information content (AvgIpc) is 3.16. The summed E-state index contributed by atoms with van der Waals surface area (Å²) in [5, 5.41) is 11.8. The zero-order valence-electron chi connectivity index (χ0n) is 14.0. The van der Waals surface area contributed by atoms with Crippen LogP contribution in [0.25, 0.3) is 11.4 Å². The Morgan fingerprint density at radius 2 is 2.04 bits per heavy atom. The van der Waals surface area contributed by atoms with E-state index in [9.17, 15) is 8.42 Å². The number of hydrogen-bond donors (Lipinski definition) is 1. The Balaban J connectivity index is 1.97. The van der Waals surface area contributed by atoms with E-state index < -0.39 is 10.2 Å². The summed E-state index contributed by atoms with van der Waals surface area (Å²) in [6.45, 7) is 6.41. The summed E-state index contributed by atoms with van der Waals surface area (Å²) < 4.78 is 31.3. The number of hydrogen-bond acceptors (Lipinski definition) is 5. The number of anilines is 1. The van der Waals surface area contributed by atoms with Crippen LogP contribution in [0.1, 0.15) is 39.7 Å². The van der Waals surface area contributed by atoms with Crippen molar-refractivity contribution < 1.29 is 8.42 Å². The molecule has 0 aliphatic carbocycles. The predicted octanol–water partition coefficient (Wildman–Crippen LogP) is 2.06. The minimum absolute atomic E-state index is 0.00986. The third-order valence-corrected chi connectivity index (χ3v) is 5.83. The van der Waals surface area contributed by atoms with Crippen molar-refractivity contribution in [1.29, 1.82) is 0 Å². The molecule has 3 rings (SSSR count). The van der Waals surface area contributed by atoms with Crippen LogP contribution in [0.4, 0.5) is 5.69 Å². The minimum atomic E-state index is -3.60. The first kappa shape index (κ1) is 16.8. The van der Waals surface area contributed by atoms with Crippen molar-refractivity contribution in [3.8, 4) is 11.4 Å². The second-order valence-electron chi connectivity index (χ2n) is 6.30. The SMILES string of the molecule is CC(C)n1nnnc1-c1ccccc1NS(=O)(=O)N1CCC[C@@H]1C. The van der Waals surface area contributed by atoms with Gasteiger partial charge in [-0.05, 0) is 56.2 Å². The van der Waals surface area contributed by atoms with E-state index in [2.05, 4.69) is 20.2 Å². The van der Waals surface area contributed by atoms with Gasteiger partial charge in [0.15, 0.2) is 5.82 Å². The topological polar surface area (TPSA) is 93.0 Å². The number of tetrazole rings is 1. The van der Waals surface area contributed by atoms with Crippen LogP contribution < -0.4 is 4.72 Å². The summed E-state index contributed by atoms with van der Waals surface area (Å²) in [5.74, 6) is 0.540. The van der Waals surface area contributed by atoms with Gasteiger partial charge in [-0.1, -0.05) is 12.1 Å². The van der Waals surface area contributed by atoms with E-state index in [1.54, 1.807) is 16.8 Å². The van der Waals surface area contributed by atoms with Gasteiger partial charge in [0.2, 0.25) is 0 Å². The van der Waals surface area contributed by atoms with Gasteiger partial charge in [-0.15, -0.1) is 5.10 Å². The number of nitrogens with zero attached hydrogens (tertiary/aromatic N) is 5. The lowest BCUT2D eigenvalue weighted by Gasteiger charge is -2.22. The first-order chi connectivity index (χ1) is 11.4. The maximum Gasteiger partial charge on any atom is 0.301 e. The molecule has 0 amide bonds. The van der Waals surface area contributed by atoms with Gasteiger partial charge in [-0.25, -0.2) is 4.68 Å². The summed E-state index contributed by atoms with van der Waals surface area (Å²) in [5.41, 5.74) is 1.14. The highest BCUT2D eigenvalue weighted by molar-refractivity contribution is 7.90. The van der Waals surface area contributed by atoms with Crippen LogP contribution in [0.15, 0.2) is 24.3 Å². The van der Waals surface area contributed by atoms with Gasteiger partial charge < -0.3 is 0 Å². The van der Waals surface area contributed by atoms with E-state index in [1.807, 2.05) is 32.9 Å². The molecule has 24 heavy (non-hydrogen) atoms. The Kier molecular flexibility index (Phi) is 4.55. The highest BCUT2D eigenvalue weighted by Gasteiger charge is 2.32. The van der Waals surface area contributed by atoms with Crippen molar-refractivity contribution in [3.05, 3.63) is 24.3 Å². The molecule has 2 aromatic rings. The summed E-state index contributed by atoms with van der Waals surface area (Å²) in [7, 11) is -3.60. The standard InChI is InChI=1S/C15H22N6O2S/c1-11(2)21-15(16-18-19-21)13-8-4-5-9-14(13)17-24(22,23)20-10-6-7-12(20)3/h4-5,8-9,11-12,17H,6-7,10H2,1-3H3/t12-/m0/s1. The number of para-hydroxylation sites is 1. The van der Waals surface area contributed by atoms with E-state index in [-0.39, 0.29) is 12.1 Å². The molecular weight excluding hydrogens is 328 g/mol. The molecule has 0 spiro atoms. The first-order valence-electron chi connectivity index (χ1n) is 8.07. The van der Waals surface area contributed by atoms with Gasteiger partial charge in [0, 0.05) is 18.2 Å². The molecule has 130 valence electrons. The number of rotatable bonds is 5. The molecule has 8 nitrogen and oxygen atoms in total. The molecule has 1 fully saturated rings. The van der Waals surface area contributed by atoms with Gasteiger partial charge in [0.05, 0.1) is 11.7 Å². The molecule has 0 saturated carbocycles. The Hall–Kier alpha value is -2.00. The van der Waals surface area contributed by atoms with E-state index in [0.717, 1.165) is 12.8 Å². The molecule has 1 aromatic heterocycles. The Bertz CT molecular complexity index is 817. The van der Waals surface area contributed by atoms with Crippen molar-refractivity contribution in [2.45, 2.75) is 45.7 Å². The molecule has 1 N–H and O–H groups in total. The minimum Gasteiger partial charge on any atom is -0.270 e. The fourth-order valence-electron chi connectivity index (χ4n) is 2.95. The van der Waals surface area contributed by atoms with Crippen LogP contribution in [-0.4, -0.2) is 45.5 Å². The number of aromatic nitrogens is 4. The van der Waals surface area contributed by atoms with E-state index in [4.69, 9.17) is 0 Å². The monoisotopic (exact) mass is 350 g/mol. The summed E-state index contributed by atoms with van der Waals surface area (Å²) in [4.78, 5) is 0. The van der Waals surface area contributed by atoms with Crippen molar-refractivity contribution in [1.82, 2.24) is 24.5 Å². The molecule has 0 bridgehead atoms. The maximum absolute atomic E-state index is 12.7. The van der Waals surface area contributed by atoms with E-state index >= 15 is 0 Å². The summed E-state index contributed by atoms with van der Waals surface area (Å²) in [6.07, 6.45) is 1.77. The second-order valence-corrected chi connectivity index (χ2v) is 7.92. The van der Waals surface area contributed by atoms with E-state index in [1.165, 1.54) is 4.31 Å². The first-order valence-corrected chi connectivity index (χ1v) is 9.51. The van der Waals surface area contributed by atoms with Gasteiger partial charge in [-0.3, -0.25) is 4.72 Å². The zero-order valence-corrected chi connectivity index (χ0v) is 14.9. The molecule has 1 aliphatic heterocycles. The molecule has 1 atom stereocenters. The Morgan fingerprint density at radius 3 is 2.71 bits per heavy atom. The quantitative estimate of drug-likeness (QED) is 0.891. The van der Waals surface area contributed by atoms with Crippen LogP contribution in [0.2, 0.25) is 0 Å². The van der Waals surface area contributed by atoms with Gasteiger partial charge in [-0.2, -0.15) is 12.7 Å². The van der Waals surface area contributed by atoms with Crippen molar-refractivity contribution in [2.24, 2.45) is 0 Å². The lowest BCUT2D eigenvalue weighted by molar-refractivity contribution is 0.412. The van der Waals surface area contributed by atoms with Crippen LogP contribution in [0.5, 0.6) is 0 Å². The van der Waals surface area contributed by atoms with Crippen molar-refractivity contribution in [3.63, 3.8) is 0 Å². The second kappa shape index (κ2) is 6.48. The summed E-state index contributed by atoms with van der Waals surface area (Å²) in [6, 6.07) is 7.25. The fourth-order valence-corrected chi connectivity index (χ4v) is 4.47. The average molecular weight is 350 g/mol. The van der Waals surface area contributed by atoms with Crippen molar-refractivity contribution >= 4 is 15.9 Å². The predicted molar refractivity (Wildman–Crippen MR) is 91.6 cm³/mol. The van der Waals surface area contributed by atoms with Gasteiger partial charge >= 0.3 is 10.2 Å². The third-order valence-electron chi connectivity index (χ3n) is 4.19. The molecule has 1 aliphatic rings. The fraction of sp³-hybridized carbons (Fsp3) is 0.533. The molecule has 1 aromatic carbocycles. The Labute approximate surface area is 142 Å². The van der Waals surface area contributed by atoms with Crippen LogP contribution in [-0.2, 0) is 10.2 Å². The van der Waals surface area contributed by atoms with Crippen LogP contribution >= 0.6 is 0 Å². The number of benzene rings is 1. The highest BCUT2D eigenvalue weighted by Crippen LogP contribution is 2.29. The Morgan fingerprint density at radius 1 is 1.29 bits per heavy atom. The molecule has 0 radical (unpaired) electrons. The molecule has 9 heteroatoms. The molecule has 1 saturated heterocycles. The molecule has 2 heterocycles. The smallest absolute Gasteiger partial charge is 0.270 e. The highest BCUT2D eigenvalue weighted by atomic mass is 32.2. The summed E-state index contributed by atoms with van der Waals surface area (Å²) >= 11 is 0. The molecule has 0 unspecified atom stereocenters. The lowest BCUT2D eigenvalue weighted by Crippen LogP contribution is -2.38. The number of nitrogens with one attached hydrogen (secondary N) is 1. The third kappa shape index (κ3) is 3.13. The largest absolute Gasteiger partial charge is 0.301 e. The normalized spacial score (nSPS) is 19.1. The van der Waals surface area contributed by atoms with Gasteiger partial charge in [0.25, 0.3) is 0 Å². The lowest BCUT2D eigenvalue weighted by atomic mass is 10.1. The zero-order chi connectivity index (χ0) is 17.3. The molecular formula is C15H22N6O2S. The van der Waals surface area contributed by atoms with E-state index in [0.29, 0.717) is 23.6 Å². The van der Waals surface area contributed by atoms with Gasteiger partial charge in [0.1, 0.15) is 0 Å². The van der Waals surface area contributed by atoms with Crippen LogP contribution in [0, 0.1) is 0 Å².